The Hall–Kier alpha value is -1.98. The predicted molar refractivity (Wildman–Crippen MR) is 59.3 cm³/mol. The van der Waals surface area contributed by atoms with Gasteiger partial charge in [0.15, 0.2) is 6.10 Å². The fourth-order valence-electron chi connectivity index (χ4n) is 2.12. The Kier molecular flexibility index (Phi) is 2.55. The summed E-state index contributed by atoms with van der Waals surface area (Å²) in [4.78, 5) is 11.0. The summed E-state index contributed by atoms with van der Waals surface area (Å²) in [6.45, 7) is 0. The van der Waals surface area contributed by atoms with E-state index in [2.05, 4.69) is 0 Å². The lowest BCUT2D eigenvalue weighted by Crippen LogP contribution is -2.03. The topological polar surface area (TPSA) is 39.4 Å². The number of cyclic esters (lactones) is 1. The average Bonchev–Trinajstić information content (AvgIpc) is 2.92. The molecule has 1 atom stereocenters. The van der Waals surface area contributed by atoms with Crippen molar-refractivity contribution in [1.82, 2.24) is 0 Å². The van der Waals surface area contributed by atoms with Crippen molar-refractivity contribution in [2.75, 3.05) is 0 Å². The molecule has 1 aliphatic heterocycles. The van der Waals surface area contributed by atoms with Gasteiger partial charge in [-0.1, -0.05) is 0 Å². The molecule has 0 N–H and O–H groups in total. The number of alkyl halides is 3. The van der Waals surface area contributed by atoms with E-state index in [0.29, 0.717) is 29.6 Å². The van der Waals surface area contributed by atoms with Crippen LogP contribution in [-0.4, -0.2) is 5.97 Å². The monoisotopic (exact) mass is 270 g/mol. The van der Waals surface area contributed by atoms with Crippen LogP contribution in [0, 0.1) is 0 Å². The summed E-state index contributed by atoms with van der Waals surface area (Å²) < 4.78 is 48.2. The molecule has 1 aromatic carbocycles. The summed E-state index contributed by atoms with van der Waals surface area (Å²) in [5.74, 6) is 0.0709. The number of benzene rings is 1. The Morgan fingerprint density at radius 3 is 2.63 bits per heavy atom. The second-order valence-electron chi connectivity index (χ2n) is 4.42. The average molecular weight is 270 g/mol. The Balaban J connectivity index is 1.99. The van der Waals surface area contributed by atoms with E-state index in [1.807, 2.05) is 0 Å². The normalized spacial score (nSPS) is 19.9. The minimum atomic E-state index is -4.38. The van der Waals surface area contributed by atoms with Crippen molar-refractivity contribution in [2.24, 2.45) is 0 Å². The minimum Gasteiger partial charge on any atom is -0.457 e. The highest BCUT2D eigenvalue weighted by atomic mass is 19.4. The number of furan rings is 1. The van der Waals surface area contributed by atoms with Gasteiger partial charge in [0.1, 0.15) is 11.3 Å². The third-order valence-electron chi connectivity index (χ3n) is 3.06. The molecular formula is C13H9F3O3. The van der Waals surface area contributed by atoms with Gasteiger partial charge < -0.3 is 9.15 Å². The van der Waals surface area contributed by atoms with Crippen LogP contribution in [0.1, 0.15) is 30.3 Å². The van der Waals surface area contributed by atoms with Crippen molar-refractivity contribution in [2.45, 2.75) is 25.1 Å². The molecular weight excluding hydrogens is 261 g/mol. The van der Waals surface area contributed by atoms with Crippen LogP contribution in [0.3, 0.4) is 0 Å². The number of ether oxygens (including phenoxy) is 1. The van der Waals surface area contributed by atoms with Crippen molar-refractivity contribution in [3.63, 3.8) is 0 Å². The maximum Gasteiger partial charge on any atom is 0.416 e. The van der Waals surface area contributed by atoms with Gasteiger partial charge in [-0.15, -0.1) is 0 Å². The van der Waals surface area contributed by atoms with Gasteiger partial charge in [0.05, 0.1) is 5.56 Å². The predicted octanol–water partition coefficient (Wildman–Crippen LogP) is 3.83. The maximum atomic E-state index is 12.6. The molecule has 0 radical (unpaired) electrons. The number of halogens is 3. The summed E-state index contributed by atoms with van der Waals surface area (Å²) in [7, 11) is 0. The maximum absolute atomic E-state index is 12.6. The quantitative estimate of drug-likeness (QED) is 0.739. The minimum absolute atomic E-state index is 0.301. The number of hydrogen-bond acceptors (Lipinski definition) is 3. The number of carbonyl (C=O) groups excluding carboxylic acids is 1. The molecule has 0 saturated carbocycles. The highest BCUT2D eigenvalue weighted by molar-refractivity contribution is 5.79. The zero-order valence-corrected chi connectivity index (χ0v) is 9.66. The molecule has 2 aromatic rings. The molecule has 0 bridgehead atoms. The summed E-state index contributed by atoms with van der Waals surface area (Å²) in [6, 6.07) is 4.77. The first-order chi connectivity index (χ1) is 8.93. The standard InChI is InChI=1S/C13H9F3O3/c14-13(15,16)8-1-2-9-7(5-8)6-11(18-9)10-3-4-12(17)19-10/h1-2,5-6,10H,3-4H2/t10-/m0/s1. The third-order valence-corrected chi connectivity index (χ3v) is 3.06. The molecule has 19 heavy (non-hydrogen) atoms. The van der Waals surface area contributed by atoms with Gasteiger partial charge >= 0.3 is 12.1 Å². The number of esters is 1. The number of hydrogen-bond donors (Lipinski definition) is 0. The van der Waals surface area contributed by atoms with E-state index in [9.17, 15) is 18.0 Å². The van der Waals surface area contributed by atoms with E-state index in [1.165, 1.54) is 12.1 Å². The first-order valence-electron chi connectivity index (χ1n) is 5.74. The van der Waals surface area contributed by atoms with Gasteiger partial charge in [-0.3, -0.25) is 4.79 Å². The van der Waals surface area contributed by atoms with E-state index in [1.54, 1.807) is 0 Å². The van der Waals surface area contributed by atoms with Crippen molar-refractivity contribution in [3.05, 3.63) is 35.6 Å². The molecule has 0 unspecified atom stereocenters. The Labute approximate surface area is 105 Å². The van der Waals surface area contributed by atoms with E-state index in [0.717, 1.165) is 12.1 Å². The van der Waals surface area contributed by atoms with Gasteiger partial charge in [-0.25, -0.2) is 0 Å². The Morgan fingerprint density at radius 2 is 2.00 bits per heavy atom. The molecule has 3 rings (SSSR count). The van der Waals surface area contributed by atoms with Crippen LogP contribution in [0.25, 0.3) is 11.0 Å². The first-order valence-corrected chi connectivity index (χ1v) is 5.74. The number of carbonyl (C=O) groups is 1. The van der Waals surface area contributed by atoms with Crippen molar-refractivity contribution >= 4 is 16.9 Å². The zero-order chi connectivity index (χ0) is 13.6. The second kappa shape index (κ2) is 4.01. The zero-order valence-electron chi connectivity index (χ0n) is 9.66. The fourth-order valence-corrected chi connectivity index (χ4v) is 2.12. The van der Waals surface area contributed by atoms with Crippen LogP contribution in [0.5, 0.6) is 0 Å². The largest absolute Gasteiger partial charge is 0.457 e. The highest BCUT2D eigenvalue weighted by Gasteiger charge is 2.32. The highest BCUT2D eigenvalue weighted by Crippen LogP contribution is 2.36. The lowest BCUT2D eigenvalue weighted by Gasteiger charge is -2.05. The summed E-state index contributed by atoms with van der Waals surface area (Å²) >= 11 is 0. The lowest BCUT2D eigenvalue weighted by atomic mass is 10.1. The molecule has 1 fully saturated rings. The summed E-state index contributed by atoms with van der Waals surface area (Å²) in [6.07, 6.45) is -4.08. The van der Waals surface area contributed by atoms with Crippen LogP contribution in [0.4, 0.5) is 13.2 Å². The van der Waals surface area contributed by atoms with Crippen LogP contribution in [-0.2, 0) is 15.7 Å². The van der Waals surface area contributed by atoms with Crippen molar-refractivity contribution in [3.8, 4) is 0 Å². The van der Waals surface area contributed by atoms with Crippen LogP contribution < -0.4 is 0 Å². The van der Waals surface area contributed by atoms with Gasteiger partial charge in [-0.05, 0) is 24.3 Å². The number of fused-ring (bicyclic) bond motifs is 1. The van der Waals surface area contributed by atoms with E-state index in [4.69, 9.17) is 9.15 Å². The summed E-state index contributed by atoms with van der Waals surface area (Å²) in [5, 5.41) is 0.354. The van der Waals surface area contributed by atoms with E-state index in [-0.39, 0.29) is 5.97 Å². The van der Waals surface area contributed by atoms with Gasteiger partial charge in [0, 0.05) is 18.2 Å². The van der Waals surface area contributed by atoms with Gasteiger partial charge in [0.2, 0.25) is 0 Å². The number of rotatable bonds is 1. The third kappa shape index (κ3) is 2.18. The molecule has 1 aliphatic rings. The molecule has 1 aromatic heterocycles. The van der Waals surface area contributed by atoms with Crippen LogP contribution in [0.2, 0.25) is 0 Å². The van der Waals surface area contributed by atoms with Gasteiger partial charge in [0.25, 0.3) is 0 Å². The molecule has 2 heterocycles. The molecule has 100 valence electrons. The van der Waals surface area contributed by atoms with Crippen LogP contribution in [0.15, 0.2) is 28.7 Å². The Bertz CT molecular complexity index is 642. The Morgan fingerprint density at radius 1 is 1.21 bits per heavy atom. The fraction of sp³-hybridized carbons (Fsp3) is 0.308. The van der Waals surface area contributed by atoms with Gasteiger partial charge in [-0.2, -0.15) is 13.2 Å². The molecule has 3 nitrogen and oxygen atoms in total. The molecule has 1 saturated heterocycles. The summed E-state index contributed by atoms with van der Waals surface area (Å²) in [5.41, 5.74) is -0.373. The molecule has 0 aliphatic carbocycles. The first kappa shape index (κ1) is 12.1. The van der Waals surface area contributed by atoms with Crippen LogP contribution >= 0.6 is 0 Å². The molecule has 0 spiro atoms. The molecule has 0 amide bonds. The SMILES string of the molecule is O=C1CC[C@@H](c2cc3cc(C(F)(F)F)ccc3o2)O1. The van der Waals surface area contributed by atoms with E-state index < -0.39 is 17.8 Å². The van der Waals surface area contributed by atoms with Crippen molar-refractivity contribution in [1.29, 1.82) is 0 Å². The smallest absolute Gasteiger partial charge is 0.416 e. The van der Waals surface area contributed by atoms with Crippen molar-refractivity contribution < 1.29 is 27.1 Å². The molecule has 6 heteroatoms. The van der Waals surface area contributed by atoms with E-state index >= 15 is 0 Å². The second-order valence-corrected chi connectivity index (χ2v) is 4.42. The lowest BCUT2D eigenvalue weighted by molar-refractivity contribution is -0.142.